The van der Waals surface area contributed by atoms with E-state index >= 15 is 0 Å². The van der Waals surface area contributed by atoms with Gasteiger partial charge in [0.15, 0.2) is 0 Å². The standard InChI is InChI=1S/C12H22N4/c1-10(2)8-16-12(14-9-15-16)7-13-6-5-11-3-4-11/h9-11,13H,3-8H2,1-2H3. The molecule has 1 fully saturated rings. The van der Waals surface area contributed by atoms with Crippen LogP contribution in [0.15, 0.2) is 6.33 Å². The first kappa shape index (κ1) is 11.6. The fourth-order valence-electron chi connectivity index (χ4n) is 1.84. The molecule has 4 heteroatoms. The van der Waals surface area contributed by atoms with Crippen molar-refractivity contribution in [2.24, 2.45) is 11.8 Å². The van der Waals surface area contributed by atoms with E-state index in [1.54, 1.807) is 6.33 Å². The highest BCUT2D eigenvalue weighted by atomic mass is 15.3. The van der Waals surface area contributed by atoms with E-state index in [9.17, 15) is 0 Å². The smallest absolute Gasteiger partial charge is 0.140 e. The quantitative estimate of drug-likeness (QED) is 0.716. The Labute approximate surface area is 97.5 Å². The maximum Gasteiger partial charge on any atom is 0.140 e. The zero-order valence-electron chi connectivity index (χ0n) is 10.3. The van der Waals surface area contributed by atoms with Gasteiger partial charge in [-0.2, -0.15) is 5.10 Å². The monoisotopic (exact) mass is 222 g/mol. The van der Waals surface area contributed by atoms with Gasteiger partial charge in [-0.3, -0.25) is 0 Å². The molecule has 1 aromatic heterocycles. The molecule has 1 heterocycles. The van der Waals surface area contributed by atoms with Crippen LogP contribution in [0.4, 0.5) is 0 Å². The van der Waals surface area contributed by atoms with E-state index in [4.69, 9.17) is 0 Å². The van der Waals surface area contributed by atoms with E-state index in [-0.39, 0.29) is 0 Å². The molecule has 1 aliphatic carbocycles. The van der Waals surface area contributed by atoms with Crippen LogP contribution in [0.3, 0.4) is 0 Å². The maximum absolute atomic E-state index is 4.29. The van der Waals surface area contributed by atoms with E-state index in [1.807, 2.05) is 4.68 Å². The Morgan fingerprint density at radius 1 is 1.50 bits per heavy atom. The molecule has 4 nitrogen and oxygen atoms in total. The molecule has 0 spiro atoms. The summed E-state index contributed by atoms with van der Waals surface area (Å²) >= 11 is 0. The third-order valence-electron chi connectivity index (χ3n) is 2.94. The summed E-state index contributed by atoms with van der Waals surface area (Å²) in [6.45, 7) is 7.32. The summed E-state index contributed by atoms with van der Waals surface area (Å²) in [5.74, 6) is 2.68. The molecule has 0 amide bonds. The third kappa shape index (κ3) is 3.59. The third-order valence-corrected chi connectivity index (χ3v) is 2.94. The van der Waals surface area contributed by atoms with Gasteiger partial charge in [-0.25, -0.2) is 9.67 Å². The summed E-state index contributed by atoms with van der Waals surface area (Å²) in [4.78, 5) is 4.29. The topological polar surface area (TPSA) is 42.7 Å². The summed E-state index contributed by atoms with van der Waals surface area (Å²) in [6, 6.07) is 0. The van der Waals surface area contributed by atoms with Crippen LogP contribution in [0.1, 0.15) is 38.9 Å². The Balaban J connectivity index is 1.72. The van der Waals surface area contributed by atoms with E-state index in [0.717, 1.165) is 31.4 Å². The molecule has 0 atom stereocenters. The number of nitrogens with one attached hydrogen (secondary N) is 1. The molecule has 1 aromatic rings. The maximum atomic E-state index is 4.29. The van der Waals surface area contributed by atoms with Gasteiger partial charge in [0.25, 0.3) is 0 Å². The molecule has 1 saturated carbocycles. The van der Waals surface area contributed by atoms with Crippen molar-refractivity contribution in [3.63, 3.8) is 0 Å². The highest BCUT2D eigenvalue weighted by molar-refractivity contribution is 4.84. The van der Waals surface area contributed by atoms with Gasteiger partial charge in [-0.1, -0.05) is 26.7 Å². The predicted octanol–water partition coefficient (Wildman–Crippen LogP) is 1.82. The Bertz CT molecular complexity index is 315. The lowest BCUT2D eigenvalue weighted by Gasteiger charge is -2.09. The first-order valence-electron chi connectivity index (χ1n) is 6.33. The molecule has 1 N–H and O–H groups in total. The Morgan fingerprint density at radius 2 is 2.31 bits per heavy atom. The van der Waals surface area contributed by atoms with Gasteiger partial charge < -0.3 is 5.32 Å². The summed E-state index contributed by atoms with van der Waals surface area (Å²) in [6.07, 6.45) is 5.84. The van der Waals surface area contributed by atoms with Gasteiger partial charge in [0.2, 0.25) is 0 Å². The molecule has 0 aromatic carbocycles. The molecule has 0 aliphatic heterocycles. The van der Waals surface area contributed by atoms with Crippen LogP contribution in [0.5, 0.6) is 0 Å². The second-order valence-corrected chi connectivity index (χ2v) is 5.16. The zero-order valence-corrected chi connectivity index (χ0v) is 10.3. The first-order chi connectivity index (χ1) is 7.75. The zero-order chi connectivity index (χ0) is 11.4. The Hall–Kier alpha value is -0.900. The minimum absolute atomic E-state index is 0.618. The van der Waals surface area contributed by atoms with E-state index in [0.29, 0.717) is 5.92 Å². The molecule has 0 radical (unpaired) electrons. The summed E-state index contributed by atoms with van der Waals surface area (Å²) < 4.78 is 2.01. The van der Waals surface area contributed by atoms with Crippen LogP contribution >= 0.6 is 0 Å². The molecule has 90 valence electrons. The largest absolute Gasteiger partial charge is 0.310 e. The van der Waals surface area contributed by atoms with Crippen molar-refractivity contribution < 1.29 is 0 Å². The molecular formula is C12H22N4. The summed E-state index contributed by atoms with van der Waals surface area (Å²) in [7, 11) is 0. The Kier molecular flexibility index (Phi) is 3.93. The van der Waals surface area contributed by atoms with Gasteiger partial charge in [0.05, 0.1) is 6.54 Å². The lowest BCUT2D eigenvalue weighted by Crippen LogP contribution is -2.20. The molecule has 0 unspecified atom stereocenters. The number of hydrogen-bond acceptors (Lipinski definition) is 3. The lowest BCUT2D eigenvalue weighted by molar-refractivity contribution is 0.456. The summed E-state index contributed by atoms with van der Waals surface area (Å²) in [5.41, 5.74) is 0. The normalized spacial score (nSPS) is 15.9. The fraction of sp³-hybridized carbons (Fsp3) is 0.833. The van der Waals surface area contributed by atoms with Crippen molar-refractivity contribution >= 4 is 0 Å². The number of aromatic nitrogens is 3. The van der Waals surface area contributed by atoms with Crippen LogP contribution in [0, 0.1) is 11.8 Å². The minimum Gasteiger partial charge on any atom is -0.310 e. The second-order valence-electron chi connectivity index (χ2n) is 5.16. The molecule has 0 saturated heterocycles. The highest BCUT2D eigenvalue weighted by Crippen LogP contribution is 2.31. The number of hydrogen-bond donors (Lipinski definition) is 1. The minimum atomic E-state index is 0.618. The molecule has 16 heavy (non-hydrogen) atoms. The fourth-order valence-corrected chi connectivity index (χ4v) is 1.84. The van der Waals surface area contributed by atoms with Crippen molar-refractivity contribution in [1.29, 1.82) is 0 Å². The Morgan fingerprint density at radius 3 is 3.00 bits per heavy atom. The van der Waals surface area contributed by atoms with Gasteiger partial charge >= 0.3 is 0 Å². The molecular weight excluding hydrogens is 200 g/mol. The predicted molar refractivity (Wildman–Crippen MR) is 63.9 cm³/mol. The van der Waals surface area contributed by atoms with Crippen LogP contribution in [-0.2, 0) is 13.1 Å². The van der Waals surface area contributed by atoms with E-state index < -0.39 is 0 Å². The van der Waals surface area contributed by atoms with Crippen LogP contribution in [0.2, 0.25) is 0 Å². The van der Waals surface area contributed by atoms with Gasteiger partial charge in [-0.15, -0.1) is 0 Å². The average molecular weight is 222 g/mol. The van der Waals surface area contributed by atoms with Gasteiger partial charge in [-0.05, 0) is 24.8 Å². The van der Waals surface area contributed by atoms with Crippen molar-refractivity contribution in [2.45, 2.75) is 46.2 Å². The van der Waals surface area contributed by atoms with E-state index in [1.165, 1.54) is 19.3 Å². The van der Waals surface area contributed by atoms with Crippen molar-refractivity contribution in [1.82, 2.24) is 20.1 Å². The van der Waals surface area contributed by atoms with Gasteiger partial charge in [0, 0.05) is 6.54 Å². The van der Waals surface area contributed by atoms with E-state index in [2.05, 4.69) is 29.2 Å². The highest BCUT2D eigenvalue weighted by Gasteiger charge is 2.20. The van der Waals surface area contributed by atoms with Crippen LogP contribution in [-0.4, -0.2) is 21.3 Å². The molecule has 2 rings (SSSR count). The molecule has 1 aliphatic rings. The van der Waals surface area contributed by atoms with Gasteiger partial charge in [0.1, 0.15) is 12.2 Å². The van der Waals surface area contributed by atoms with Crippen LogP contribution < -0.4 is 5.32 Å². The molecule has 0 bridgehead atoms. The van der Waals surface area contributed by atoms with Crippen LogP contribution in [0.25, 0.3) is 0 Å². The van der Waals surface area contributed by atoms with Crippen molar-refractivity contribution in [2.75, 3.05) is 6.54 Å². The average Bonchev–Trinajstić information content (AvgIpc) is 2.95. The van der Waals surface area contributed by atoms with Crippen molar-refractivity contribution in [3.8, 4) is 0 Å². The number of nitrogens with zero attached hydrogens (tertiary/aromatic N) is 3. The summed E-state index contributed by atoms with van der Waals surface area (Å²) in [5, 5.41) is 7.70. The lowest BCUT2D eigenvalue weighted by atomic mass is 10.2. The second kappa shape index (κ2) is 5.43. The van der Waals surface area contributed by atoms with Crippen molar-refractivity contribution in [3.05, 3.63) is 12.2 Å². The first-order valence-corrected chi connectivity index (χ1v) is 6.33. The SMILES string of the molecule is CC(C)Cn1ncnc1CNCCC1CC1. The number of rotatable bonds is 7.